The molecule has 5 atom stereocenters. The Balaban J connectivity index is 0.00000182. The summed E-state index contributed by atoms with van der Waals surface area (Å²) in [6, 6.07) is 5.69. The topological polar surface area (TPSA) is 86.7 Å². The van der Waals surface area contributed by atoms with Crippen molar-refractivity contribution in [2.24, 2.45) is 17.3 Å². The molecule has 2 saturated carbocycles. The van der Waals surface area contributed by atoms with Gasteiger partial charge >= 0.3 is 29.6 Å². The first-order valence-electron chi connectivity index (χ1n) is 8.74. The predicted molar refractivity (Wildman–Crippen MR) is 87.3 cm³/mol. The Labute approximate surface area is 171 Å². The van der Waals surface area contributed by atoms with Gasteiger partial charge in [0.25, 0.3) is 0 Å². The maximum absolute atomic E-state index is 11.1. The zero-order valence-corrected chi connectivity index (χ0v) is 17.6. The number of benzene rings is 1. The van der Waals surface area contributed by atoms with E-state index in [9.17, 15) is 18.1 Å². The molecule has 3 aliphatic rings. The van der Waals surface area contributed by atoms with E-state index in [0.717, 1.165) is 32.1 Å². The molecule has 0 aromatic heterocycles. The van der Waals surface area contributed by atoms with Crippen LogP contribution in [-0.2, 0) is 21.0 Å². The predicted octanol–water partition coefficient (Wildman–Crippen LogP) is 0.0977. The number of aryl methyl sites for hydroxylation is 1. The van der Waals surface area contributed by atoms with E-state index in [1.54, 1.807) is 6.07 Å². The summed E-state index contributed by atoms with van der Waals surface area (Å²) in [5, 5.41) is 9.72. The first-order chi connectivity index (χ1) is 11.3. The van der Waals surface area contributed by atoms with Crippen molar-refractivity contribution in [3.63, 3.8) is 0 Å². The number of aromatic hydroxyl groups is 1. The van der Waals surface area contributed by atoms with E-state index < -0.39 is 16.5 Å². The molecular formula is C18H23NaO5S. The molecule has 132 valence electrons. The standard InChI is InChI=1S/C18H24O5S.Na/c1-18-9-8-14-13-5-3-12(19)10-11(13)2-4-15(14)16(18)6-7-17(18)23-24(20,21)22;/h3,5,10,14-17,19H,2,4,6-9H2,1H3,(H,20,21,22);/q;+1/p-1/t14-,15-,16+,17?,18+;/m1./s1. The number of phenols is 1. The number of fused-ring (bicyclic) bond motifs is 5. The van der Waals surface area contributed by atoms with Crippen molar-refractivity contribution in [2.75, 3.05) is 0 Å². The smallest absolute Gasteiger partial charge is 0.726 e. The van der Waals surface area contributed by atoms with Crippen LogP contribution < -0.4 is 29.6 Å². The number of rotatable bonds is 2. The van der Waals surface area contributed by atoms with Gasteiger partial charge in [0.2, 0.25) is 10.4 Å². The van der Waals surface area contributed by atoms with E-state index >= 15 is 0 Å². The molecule has 1 N–H and O–H groups in total. The van der Waals surface area contributed by atoms with Crippen molar-refractivity contribution < 1.29 is 51.8 Å². The van der Waals surface area contributed by atoms with Gasteiger partial charge in [-0.1, -0.05) is 13.0 Å². The Morgan fingerprint density at radius 3 is 2.72 bits per heavy atom. The second kappa shape index (κ2) is 6.80. The molecule has 0 radical (unpaired) electrons. The average molecular weight is 374 g/mol. The Morgan fingerprint density at radius 2 is 2.00 bits per heavy atom. The van der Waals surface area contributed by atoms with Gasteiger partial charge in [-0.15, -0.1) is 0 Å². The van der Waals surface area contributed by atoms with Crippen LogP contribution in [0, 0.1) is 17.3 Å². The minimum absolute atomic E-state index is 0. The van der Waals surface area contributed by atoms with E-state index in [2.05, 4.69) is 13.0 Å². The van der Waals surface area contributed by atoms with Gasteiger partial charge in [0.1, 0.15) is 5.75 Å². The number of phenolic OH excluding ortho intramolecular Hbond substituents is 1. The van der Waals surface area contributed by atoms with E-state index in [1.807, 2.05) is 6.07 Å². The zero-order chi connectivity index (χ0) is 17.1. The number of hydrogen-bond acceptors (Lipinski definition) is 5. The fourth-order valence-corrected chi connectivity index (χ4v) is 6.42. The van der Waals surface area contributed by atoms with Crippen molar-refractivity contribution in [3.05, 3.63) is 29.3 Å². The first-order valence-corrected chi connectivity index (χ1v) is 10.1. The molecule has 0 amide bonds. The van der Waals surface area contributed by atoms with Crippen LogP contribution in [0.5, 0.6) is 5.75 Å². The van der Waals surface area contributed by atoms with Gasteiger partial charge in [0.15, 0.2) is 0 Å². The molecule has 5 nitrogen and oxygen atoms in total. The molecule has 0 aliphatic heterocycles. The fourth-order valence-electron chi connectivity index (χ4n) is 5.82. The monoisotopic (exact) mass is 374 g/mol. The van der Waals surface area contributed by atoms with Crippen molar-refractivity contribution in [1.82, 2.24) is 0 Å². The molecule has 4 rings (SSSR count). The molecule has 1 aromatic rings. The van der Waals surface area contributed by atoms with Gasteiger partial charge in [-0.2, -0.15) is 0 Å². The molecule has 2 fully saturated rings. The van der Waals surface area contributed by atoms with E-state index in [-0.39, 0.29) is 35.0 Å². The molecular weight excluding hydrogens is 351 g/mol. The minimum Gasteiger partial charge on any atom is -0.726 e. The normalized spacial score (nSPS) is 36.7. The van der Waals surface area contributed by atoms with E-state index in [1.165, 1.54) is 11.1 Å². The quantitative estimate of drug-likeness (QED) is 0.451. The molecule has 1 unspecified atom stereocenters. The van der Waals surface area contributed by atoms with Crippen LogP contribution >= 0.6 is 0 Å². The second-order valence-electron chi connectivity index (χ2n) is 7.91. The third-order valence-corrected chi connectivity index (χ3v) is 7.33. The van der Waals surface area contributed by atoms with Crippen LogP contribution in [0.3, 0.4) is 0 Å². The van der Waals surface area contributed by atoms with Crippen LogP contribution in [0.2, 0.25) is 0 Å². The molecule has 7 heteroatoms. The molecule has 1 aromatic carbocycles. The van der Waals surface area contributed by atoms with Crippen molar-refractivity contribution in [3.8, 4) is 5.75 Å². The molecule has 3 aliphatic carbocycles. The SMILES string of the molecule is C[C@]12CC[C@@H]3c4ccc(O)cc4CC[C@H]3[C@@H]1CCC2OS(=O)(=O)[O-].[Na+]. The fraction of sp³-hybridized carbons (Fsp3) is 0.667. The first kappa shape index (κ1) is 19.6. The number of hydrogen-bond donors (Lipinski definition) is 1. The van der Waals surface area contributed by atoms with Gasteiger partial charge in [0.05, 0.1) is 6.10 Å². The third-order valence-electron chi connectivity index (χ3n) is 6.86. The maximum atomic E-state index is 11.1. The van der Waals surface area contributed by atoms with Crippen LogP contribution in [0.15, 0.2) is 18.2 Å². The van der Waals surface area contributed by atoms with Crippen LogP contribution in [-0.4, -0.2) is 24.2 Å². The van der Waals surface area contributed by atoms with Crippen molar-refractivity contribution in [1.29, 1.82) is 0 Å². The second-order valence-corrected chi connectivity index (χ2v) is 8.92. The maximum Gasteiger partial charge on any atom is 1.00 e. The summed E-state index contributed by atoms with van der Waals surface area (Å²) in [6.07, 6.45) is 4.95. The Bertz CT molecular complexity index is 765. The largest absolute Gasteiger partial charge is 1.00 e. The molecule has 0 heterocycles. The molecule has 0 spiro atoms. The Hall–Kier alpha value is -0.110. The summed E-state index contributed by atoms with van der Waals surface area (Å²) in [7, 11) is -4.66. The summed E-state index contributed by atoms with van der Waals surface area (Å²) in [5.74, 6) is 1.69. The van der Waals surface area contributed by atoms with Gasteiger partial charge in [0, 0.05) is 0 Å². The Morgan fingerprint density at radius 1 is 1.24 bits per heavy atom. The average Bonchev–Trinajstić information content (AvgIpc) is 2.82. The molecule has 0 bridgehead atoms. The summed E-state index contributed by atoms with van der Waals surface area (Å²) in [5.41, 5.74) is 2.35. The van der Waals surface area contributed by atoms with Crippen molar-refractivity contribution in [2.45, 2.75) is 57.5 Å². The van der Waals surface area contributed by atoms with Gasteiger partial charge in [-0.05, 0) is 85.0 Å². The third kappa shape index (κ3) is 3.42. The Kier molecular flexibility index (Phi) is 5.35. The van der Waals surface area contributed by atoms with Crippen LogP contribution in [0.25, 0.3) is 0 Å². The van der Waals surface area contributed by atoms with Crippen molar-refractivity contribution >= 4 is 10.4 Å². The van der Waals surface area contributed by atoms with Crippen LogP contribution in [0.1, 0.15) is 56.1 Å². The van der Waals surface area contributed by atoms with E-state index in [4.69, 9.17) is 4.18 Å². The summed E-state index contributed by atoms with van der Waals surface area (Å²) in [6.45, 7) is 2.10. The molecule has 25 heavy (non-hydrogen) atoms. The summed E-state index contributed by atoms with van der Waals surface area (Å²) >= 11 is 0. The van der Waals surface area contributed by atoms with Gasteiger partial charge < -0.3 is 9.66 Å². The minimum atomic E-state index is -4.66. The van der Waals surface area contributed by atoms with Crippen LogP contribution in [0.4, 0.5) is 0 Å². The molecule has 0 saturated heterocycles. The van der Waals surface area contributed by atoms with E-state index in [0.29, 0.717) is 29.9 Å². The van der Waals surface area contributed by atoms with Gasteiger partial charge in [-0.3, -0.25) is 4.18 Å². The summed E-state index contributed by atoms with van der Waals surface area (Å²) in [4.78, 5) is 0. The zero-order valence-electron chi connectivity index (χ0n) is 14.8. The summed E-state index contributed by atoms with van der Waals surface area (Å²) < 4.78 is 38.2. The van der Waals surface area contributed by atoms with Gasteiger partial charge in [-0.25, -0.2) is 8.42 Å².